The Labute approximate surface area is 143 Å². The molecular weight excluding hydrogens is 330 g/mol. The van der Waals surface area contributed by atoms with Gasteiger partial charge in [-0.05, 0) is 44.3 Å². The van der Waals surface area contributed by atoms with Gasteiger partial charge >= 0.3 is 0 Å². The second-order valence-electron chi connectivity index (χ2n) is 4.90. The van der Waals surface area contributed by atoms with Crippen LogP contribution < -0.4 is 15.4 Å². The molecule has 3 rings (SSSR count). The zero-order valence-corrected chi connectivity index (χ0v) is 14.7. The van der Waals surface area contributed by atoms with E-state index in [0.717, 1.165) is 39.2 Å². The number of anilines is 1. The molecule has 1 aromatic carbocycles. The molecule has 0 saturated heterocycles. The maximum atomic E-state index is 5.26. The van der Waals surface area contributed by atoms with Gasteiger partial charge in [0.15, 0.2) is 5.11 Å². The Kier molecular flexibility index (Phi) is 4.44. The summed E-state index contributed by atoms with van der Waals surface area (Å²) in [5, 5.41) is 12.1. The molecule has 120 valence electrons. The van der Waals surface area contributed by atoms with E-state index in [1.165, 1.54) is 0 Å². The molecular formula is C15H17N5OS2. The number of aromatic nitrogens is 3. The molecule has 0 aliphatic heterocycles. The highest BCUT2D eigenvalue weighted by Crippen LogP contribution is 2.29. The number of methoxy groups -OCH3 is 1. The lowest BCUT2D eigenvalue weighted by Crippen LogP contribution is -2.28. The zero-order valence-electron chi connectivity index (χ0n) is 13.1. The maximum Gasteiger partial charge on any atom is 0.213 e. The fraction of sp³-hybridized carbons (Fsp3) is 0.267. The van der Waals surface area contributed by atoms with Crippen molar-refractivity contribution in [1.82, 2.24) is 20.1 Å². The van der Waals surface area contributed by atoms with E-state index in [2.05, 4.69) is 20.7 Å². The van der Waals surface area contributed by atoms with Crippen LogP contribution in [0.5, 0.6) is 5.75 Å². The topological polar surface area (TPSA) is 64.0 Å². The lowest BCUT2D eigenvalue weighted by Gasteiger charge is -2.09. The normalized spacial score (nSPS) is 10.7. The van der Waals surface area contributed by atoms with E-state index in [0.29, 0.717) is 5.11 Å². The fourth-order valence-corrected chi connectivity index (χ4v) is 3.37. The molecule has 23 heavy (non-hydrogen) atoms. The van der Waals surface area contributed by atoms with E-state index in [1.54, 1.807) is 23.1 Å². The average Bonchev–Trinajstić information content (AvgIpc) is 3.09. The monoisotopic (exact) mass is 347 g/mol. The second-order valence-corrected chi connectivity index (χ2v) is 6.31. The van der Waals surface area contributed by atoms with Crippen LogP contribution in [0.15, 0.2) is 24.3 Å². The van der Waals surface area contributed by atoms with Gasteiger partial charge in [-0.1, -0.05) is 11.3 Å². The van der Waals surface area contributed by atoms with Gasteiger partial charge in [0.1, 0.15) is 11.6 Å². The third-order valence-corrected chi connectivity index (χ3v) is 4.42. The van der Waals surface area contributed by atoms with E-state index >= 15 is 0 Å². The Balaban J connectivity index is 1.99. The molecule has 0 radical (unpaired) electrons. The fourth-order valence-electron chi connectivity index (χ4n) is 2.17. The predicted molar refractivity (Wildman–Crippen MR) is 97.9 cm³/mol. The summed E-state index contributed by atoms with van der Waals surface area (Å²) in [7, 11) is 1.66. The number of nitrogens with one attached hydrogen (secondary N) is 2. The number of benzene rings is 1. The molecule has 2 N–H and O–H groups in total. The van der Waals surface area contributed by atoms with E-state index < -0.39 is 0 Å². The number of aryl methyl sites for hydroxylation is 1. The van der Waals surface area contributed by atoms with Gasteiger partial charge in [-0.25, -0.2) is 4.98 Å². The largest absolute Gasteiger partial charge is 0.497 e. The lowest BCUT2D eigenvalue weighted by atomic mass is 10.3. The van der Waals surface area contributed by atoms with Crippen molar-refractivity contribution in [3.05, 3.63) is 30.0 Å². The highest BCUT2D eigenvalue weighted by atomic mass is 32.1. The number of hydrogen-bond acceptors (Lipinski definition) is 5. The predicted octanol–water partition coefficient (Wildman–Crippen LogP) is 3.11. The quantitative estimate of drug-likeness (QED) is 0.707. The molecule has 2 heterocycles. The van der Waals surface area contributed by atoms with Gasteiger partial charge in [0, 0.05) is 12.6 Å². The number of fused-ring (bicyclic) bond motifs is 1. The molecule has 0 spiro atoms. The van der Waals surface area contributed by atoms with Crippen LogP contribution in [0.4, 0.5) is 5.82 Å². The lowest BCUT2D eigenvalue weighted by molar-refractivity contribution is 0.415. The van der Waals surface area contributed by atoms with Crippen molar-refractivity contribution >= 4 is 44.7 Å². The first-order valence-corrected chi connectivity index (χ1v) is 8.39. The average molecular weight is 347 g/mol. The van der Waals surface area contributed by atoms with Gasteiger partial charge in [0.05, 0.1) is 23.0 Å². The summed E-state index contributed by atoms with van der Waals surface area (Å²) in [5.74, 6) is 1.61. The molecule has 0 fully saturated rings. The molecule has 3 aromatic rings. The van der Waals surface area contributed by atoms with Crippen molar-refractivity contribution in [2.24, 2.45) is 0 Å². The van der Waals surface area contributed by atoms with Gasteiger partial charge in [-0.2, -0.15) is 9.78 Å². The molecule has 0 amide bonds. The van der Waals surface area contributed by atoms with Crippen molar-refractivity contribution in [2.75, 3.05) is 19.0 Å². The van der Waals surface area contributed by atoms with Crippen LogP contribution in [-0.2, 0) is 0 Å². The first-order chi connectivity index (χ1) is 11.1. The highest BCUT2D eigenvalue weighted by Gasteiger charge is 2.13. The Morgan fingerprint density at radius 1 is 1.39 bits per heavy atom. The van der Waals surface area contributed by atoms with E-state index in [1.807, 2.05) is 38.1 Å². The van der Waals surface area contributed by atoms with Crippen LogP contribution in [0.25, 0.3) is 15.3 Å². The molecule has 0 aliphatic rings. The summed E-state index contributed by atoms with van der Waals surface area (Å²) in [6.45, 7) is 4.70. The van der Waals surface area contributed by atoms with E-state index in [9.17, 15) is 0 Å². The van der Waals surface area contributed by atoms with Gasteiger partial charge in [-0.3, -0.25) is 0 Å². The van der Waals surface area contributed by atoms with Gasteiger partial charge in [-0.15, -0.1) is 0 Å². The van der Waals surface area contributed by atoms with Crippen molar-refractivity contribution in [1.29, 1.82) is 0 Å². The zero-order chi connectivity index (χ0) is 16.4. The van der Waals surface area contributed by atoms with Crippen LogP contribution in [0.2, 0.25) is 0 Å². The van der Waals surface area contributed by atoms with Crippen molar-refractivity contribution in [3.8, 4) is 10.9 Å². The summed E-state index contributed by atoms with van der Waals surface area (Å²) in [5.41, 5.74) is 1.81. The number of thiocarbonyl (C=S) groups is 1. The third-order valence-electron chi connectivity index (χ3n) is 3.18. The molecule has 0 aliphatic carbocycles. The SMILES string of the molecule is CCNC(=S)Nc1cc(C)nn1-c1nc2ccc(OC)cc2s1. The van der Waals surface area contributed by atoms with Crippen molar-refractivity contribution in [3.63, 3.8) is 0 Å². The van der Waals surface area contributed by atoms with Crippen molar-refractivity contribution in [2.45, 2.75) is 13.8 Å². The van der Waals surface area contributed by atoms with E-state index in [-0.39, 0.29) is 0 Å². The van der Waals surface area contributed by atoms with Gasteiger partial charge < -0.3 is 15.4 Å². The Morgan fingerprint density at radius 2 is 2.22 bits per heavy atom. The smallest absolute Gasteiger partial charge is 0.213 e. The third kappa shape index (κ3) is 3.27. The summed E-state index contributed by atoms with van der Waals surface area (Å²) in [6.07, 6.45) is 0. The van der Waals surface area contributed by atoms with Crippen LogP contribution in [0, 0.1) is 6.92 Å². The number of nitrogens with zero attached hydrogens (tertiary/aromatic N) is 3. The molecule has 2 aromatic heterocycles. The summed E-state index contributed by atoms with van der Waals surface area (Å²) in [6, 6.07) is 7.76. The Hall–Kier alpha value is -2.19. The number of ether oxygens (including phenoxy) is 1. The van der Waals surface area contributed by atoms with Crippen LogP contribution in [0.3, 0.4) is 0 Å². The van der Waals surface area contributed by atoms with Crippen LogP contribution >= 0.6 is 23.6 Å². The molecule has 0 atom stereocenters. The molecule has 8 heteroatoms. The summed E-state index contributed by atoms with van der Waals surface area (Å²) >= 11 is 6.81. The van der Waals surface area contributed by atoms with Crippen LogP contribution in [-0.4, -0.2) is 33.5 Å². The first-order valence-electron chi connectivity index (χ1n) is 7.17. The Morgan fingerprint density at radius 3 is 2.96 bits per heavy atom. The molecule has 6 nitrogen and oxygen atoms in total. The number of hydrogen-bond donors (Lipinski definition) is 2. The summed E-state index contributed by atoms with van der Waals surface area (Å²) in [4.78, 5) is 4.65. The number of rotatable bonds is 4. The standard InChI is InChI=1S/C15H17N5OS2/c1-4-16-14(22)18-13-7-9(2)19-20(13)15-17-11-6-5-10(21-3)8-12(11)23-15/h5-8H,4H2,1-3H3,(H2,16,18,22). The molecule has 0 saturated carbocycles. The minimum Gasteiger partial charge on any atom is -0.497 e. The minimum atomic E-state index is 0.566. The minimum absolute atomic E-state index is 0.566. The van der Waals surface area contributed by atoms with E-state index in [4.69, 9.17) is 17.0 Å². The number of thiazole rings is 1. The van der Waals surface area contributed by atoms with Gasteiger partial charge in [0.25, 0.3) is 0 Å². The van der Waals surface area contributed by atoms with Crippen LogP contribution in [0.1, 0.15) is 12.6 Å². The first kappa shape index (κ1) is 15.7. The molecule has 0 unspecified atom stereocenters. The Bertz CT molecular complexity index is 855. The maximum absolute atomic E-state index is 5.26. The van der Waals surface area contributed by atoms with Gasteiger partial charge in [0.2, 0.25) is 5.13 Å². The summed E-state index contributed by atoms with van der Waals surface area (Å²) < 4.78 is 8.09. The van der Waals surface area contributed by atoms with Crippen molar-refractivity contribution < 1.29 is 4.74 Å². The second kappa shape index (κ2) is 6.51. The molecule has 0 bridgehead atoms. The highest BCUT2D eigenvalue weighted by molar-refractivity contribution is 7.80.